The fourth-order valence-corrected chi connectivity index (χ4v) is 2.24. The van der Waals surface area contributed by atoms with Crippen molar-refractivity contribution in [1.29, 1.82) is 0 Å². The fourth-order valence-electron chi connectivity index (χ4n) is 2.24. The molecule has 8 nitrogen and oxygen atoms in total. The first-order chi connectivity index (χ1) is 14.9. The van der Waals surface area contributed by atoms with Gasteiger partial charge in [0.05, 0.1) is 13.0 Å². The highest BCUT2D eigenvalue weighted by Gasteiger charge is 2.13. The molecule has 2 N–H and O–H groups in total. The highest BCUT2D eigenvalue weighted by molar-refractivity contribution is 5.96. The van der Waals surface area contributed by atoms with Crippen LogP contribution in [0.5, 0.6) is 0 Å². The third-order valence-corrected chi connectivity index (χ3v) is 3.72. The van der Waals surface area contributed by atoms with Crippen molar-refractivity contribution in [2.45, 2.75) is 39.4 Å². The van der Waals surface area contributed by atoms with Crippen molar-refractivity contribution in [2.24, 2.45) is 5.73 Å². The molecule has 0 unspecified atom stereocenters. The molecule has 0 aliphatic carbocycles. The fraction of sp³-hybridized carbons (Fsp3) is 0.304. The lowest BCUT2D eigenvalue weighted by Crippen LogP contribution is -2.13. The van der Waals surface area contributed by atoms with E-state index in [9.17, 15) is 19.2 Å². The Balaban J connectivity index is 0.000000367. The normalized spacial score (nSPS) is 9.58. The molecule has 0 saturated carbocycles. The minimum absolute atomic E-state index is 0.00750. The zero-order valence-electron chi connectivity index (χ0n) is 17.5. The van der Waals surface area contributed by atoms with Gasteiger partial charge in [-0.05, 0) is 18.1 Å². The lowest BCUT2D eigenvalue weighted by Gasteiger charge is -2.04. The molecule has 0 saturated heterocycles. The number of amides is 1. The predicted molar refractivity (Wildman–Crippen MR) is 113 cm³/mol. The van der Waals surface area contributed by atoms with Crippen LogP contribution in [-0.4, -0.2) is 30.4 Å². The number of Topliss-reactive ketones (excluding diaryl/α,β-unsaturated/α-hetero) is 1. The van der Waals surface area contributed by atoms with Gasteiger partial charge in [0.2, 0.25) is 0 Å². The summed E-state index contributed by atoms with van der Waals surface area (Å²) >= 11 is 0. The van der Waals surface area contributed by atoms with Gasteiger partial charge < -0.3 is 19.9 Å². The number of ether oxygens (including phenoxy) is 3. The summed E-state index contributed by atoms with van der Waals surface area (Å²) in [4.78, 5) is 44.1. The quantitative estimate of drug-likeness (QED) is 0.349. The van der Waals surface area contributed by atoms with Gasteiger partial charge in [0.1, 0.15) is 25.4 Å². The summed E-state index contributed by atoms with van der Waals surface area (Å²) in [6.45, 7) is 2.34. The molecule has 166 valence electrons. The molecule has 0 atom stereocenters. The van der Waals surface area contributed by atoms with Crippen LogP contribution in [0.1, 0.15) is 37.3 Å². The molecule has 2 aromatic rings. The summed E-state index contributed by atoms with van der Waals surface area (Å²) in [5, 5.41) is 0. The molecule has 0 aromatic heterocycles. The summed E-state index contributed by atoms with van der Waals surface area (Å²) in [6, 6.07) is 18.6. The molecule has 0 bridgehead atoms. The lowest BCUT2D eigenvalue weighted by molar-refractivity contribution is -0.149. The third kappa shape index (κ3) is 13.2. The average Bonchev–Trinajstić information content (AvgIpc) is 2.77. The monoisotopic (exact) mass is 429 g/mol. The summed E-state index contributed by atoms with van der Waals surface area (Å²) < 4.78 is 14.2. The molecular formula is C23H27NO7. The first-order valence-electron chi connectivity index (χ1n) is 9.73. The van der Waals surface area contributed by atoms with Gasteiger partial charge in [0, 0.05) is 6.42 Å². The van der Waals surface area contributed by atoms with Gasteiger partial charge in [-0.2, -0.15) is 0 Å². The molecule has 0 radical (unpaired) electrons. The molecule has 2 aromatic carbocycles. The molecular weight excluding hydrogens is 402 g/mol. The van der Waals surface area contributed by atoms with Gasteiger partial charge in [-0.3, -0.25) is 14.4 Å². The van der Waals surface area contributed by atoms with Gasteiger partial charge in [0.15, 0.2) is 0 Å². The first kappa shape index (κ1) is 25.4. The minimum Gasteiger partial charge on any atom is -0.466 e. The van der Waals surface area contributed by atoms with Crippen LogP contribution in [0, 0.1) is 0 Å². The van der Waals surface area contributed by atoms with E-state index in [2.05, 4.69) is 9.47 Å². The van der Waals surface area contributed by atoms with E-state index in [4.69, 9.17) is 10.5 Å². The number of benzene rings is 2. The maximum atomic E-state index is 11.4. The highest BCUT2D eigenvalue weighted by Crippen LogP contribution is 2.04. The molecule has 2 rings (SSSR count). The number of rotatable bonds is 10. The van der Waals surface area contributed by atoms with Crippen molar-refractivity contribution < 1.29 is 33.4 Å². The van der Waals surface area contributed by atoms with Crippen molar-refractivity contribution >= 4 is 23.8 Å². The standard InChI is InChI=1S/C15H18O5.C8H9NO2/c1-2-19-15(18)10-13(16)8-9-14(17)20-11-12-6-4-3-5-7-12;9-8(10)11-6-7-4-2-1-3-5-7/h3-7H,2,8-11H2,1H3;1-5H,6H2,(H2,9,10). The maximum absolute atomic E-state index is 11.4. The van der Waals surface area contributed by atoms with E-state index in [1.54, 1.807) is 6.92 Å². The number of esters is 2. The molecule has 0 fully saturated rings. The number of ketones is 1. The Morgan fingerprint density at radius 1 is 0.710 bits per heavy atom. The van der Waals surface area contributed by atoms with Gasteiger partial charge in [0.25, 0.3) is 0 Å². The van der Waals surface area contributed by atoms with Crippen LogP contribution >= 0.6 is 0 Å². The molecule has 31 heavy (non-hydrogen) atoms. The minimum atomic E-state index is -0.742. The van der Waals surface area contributed by atoms with E-state index in [0.717, 1.165) is 11.1 Å². The summed E-state index contributed by atoms with van der Waals surface area (Å²) in [6.07, 6.45) is -1.06. The third-order valence-electron chi connectivity index (χ3n) is 3.72. The second-order valence-corrected chi connectivity index (χ2v) is 6.26. The maximum Gasteiger partial charge on any atom is 0.404 e. The summed E-state index contributed by atoms with van der Waals surface area (Å²) in [5.41, 5.74) is 6.60. The Morgan fingerprint density at radius 2 is 1.23 bits per heavy atom. The molecule has 8 heteroatoms. The predicted octanol–water partition coefficient (Wildman–Crippen LogP) is 3.31. The Kier molecular flexibility index (Phi) is 12.4. The van der Waals surface area contributed by atoms with Crippen LogP contribution in [0.15, 0.2) is 60.7 Å². The van der Waals surface area contributed by atoms with Crippen LogP contribution in [0.3, 0.4) is 0 Å². The van der Waals surface area contributed by atoms with Gasteiger partial charge in [-0.15, -0.1) is 0 Å². The molecule has 0 aliphatic heterocycles. The van der Waals surface area contributed by atoms with Crippen LogP contribution in [0.25, 0.3) is 0 Å². The van der Waals surface area contributed by atoms with Gasteiger partial charge in [-0.1, -0.05) is 60.7 Å². The zero-order valence-corrected chi connectivity index (χ0v) is 17.5. The summed E-state index contributed by atoms with van der Waals surface area (Å²) in [7, 11) is 0. The van der Waals surface area contributed by atoms with Crippen molar-refractivity contribution in [1.82, 2.24) is 0 Å². The SMILES string of the molecule is CCOC(=O)CC(=O)CCC(=O)OCc1ccccc1.NC(=O)OCc1ccccc1. The molecule has 0 heterocycles. The van der Waals surface area contributed by atoms with E-state index in [1.165, 1.54) is 0 Å². The lowest BCUT2D eigenvalue weighted by atomic mass is 10.1. The first-order valence-corrected chi connectivity index (χ1v) is 9.73. The van der Waals surface area contributed by atoms with E-state index < -0.39 is 18.0 Å². The molecule has 1 amide bonds. The molecule has 0 spiro atoms. The number of carbonyl (C=O) groups excluding carboxylic acids is 4. The Hall–Kier alpha value is -3.68. The van der Waals surface area contributed by atoms with E-state index >= 15 is 0 Å². The van der Waals surface area contributed by atoms with E-state index in [1.807, 2.05) is 60.7 Å². The highest BCUT2D eigenvalue weighted by atomic mass is 16.5. The van der Waals surface area contributed by atoms with Crippen molar-refractivity contribution in [3.63, 3.8) is 0 Å². The van der Waals surface area contributed by atoms with E-state index in [-0.39, 0.29) is 44.9 Å². The number of nitrogens with two attached hydrogens (primary N) is 1. The average molecular weight is 429 g/mol. The van der Waals surface area contributed by atoms with Crippen LogP contribution < -0.4 is 5.73 Å². The number of hydrogen-bond donors (Lipinski definition) is 1. The van der Waals surface area contributed by atoms with Crippen LogP contribution in [0.4, 0.5) is 4.79 Å². The summed E-state index contributed by atoms with van der Waals surface area (Å²) in [5.74, 6) is -1.33. The topological polar surface area (TPSA) is 122 Å². The molecule has 0 aliphatic rings. The van der Waals surface area contributed by atoms with Gasteiger partial charge in [-0.25, -0.2) is 4.79 Å². The van der Waals surface area contributed by atoms with Crippen LogP contribution in [-0.2, 0) is 41.8 Å². The van der Waals surface area contributed by atoms with Crippen molar-refractivity contribution in [2.75, 3.05) is 6.61 Å². The van der Waals surface area contributed by atoms with Gasteiger partial charge >= 0.3 is 18.0 Å². The largest absolute Gasteiger partial charge is 0.466 e. The Morgan fingerprint density at radius 3 is 1.71 bits per heavy atom. The number of hydrogen-bond acceptors (Lipinski definition) is 7. The second kappa shape index (κ2) is 15.2. The van der Waals surface area contributed by atoms with Crippen LogP contribution in [0.2, 0.25) is 0 Å². The Bertz CT molecular complexity index is 822. The number of primary amides is 1. The second-order valence-electron chi connectivity index (χ2n) is 6.26. The number of carbonyl (C=O) groups is 4. The van der Waals surface area contributed by atoms with Crippen molar-refractivity contribution in [3.05, 3.63) is 71.8 Å². The Labute approximate surface area is 181 Å². The van der Waals surface area contributed by atoms with Crippen molar-refractivity contribution in [3.8, 4) is 0 Å². The zero-order chi connectivity index (χ0) is 22.9. The smallest absolute Gasteiger partial charge is 0.404 e. The van der Waals surface area contributed by atoms with E-state index in [0.29, 0.717) is 0 Å².